The molecular weight excluding hydrogens is 270 g/mol. The Hall–Kier alpha value is -1.38. The van der Waals surface area contributed by atoms with Gasteiger partial charge < -0.3 is 0 Å². The molecule has 122 valence electrons. The molecule has 0 fully saturated rings. The highest BCUT2D eigenvalue weighted by atomic mass is 15.4. The molecular formula is C19H31N3. The molecule has 1 aromatic carbocycles. The molecule has 0 N–H and O–H groups in total. The van der Waals surface area contributed by atoms with Gasteiger partial charge in [0.25, 0.3) is 0 Å². The first-order valence-corrected chi connectivity index (χ1v) is 8.97. The van der Waals surface area contributed by atoms with Crippen molar-refractivity contribution < 1.29 is 0 Å². The number of fused-ring (bicyclic) bond motifs is 1. The number of hydrogen-bond donors (Lipinski definition) is 0. The van der Waals surface area contributed by atoms with Crippen molar-refractivity contribution in [1.82, 2.24) is 15.0 Å². The van der Waals surface area contributed by atoms with Crippen LogP contribution in [0.1, 0.15) is 72.1 Å². The zero-order chi connectivity index (χ0) is 15.8. The molecule has 0 amide bonds. The van der Waals surface area contributed by atoms with E-state index in [4.69, 9.17) is 0 Å². The molecule has 0 aliphatic rings. The van der Waals surface area contributed by atoms with Gasteiger partial charge in [-0.1, -0.05) is 76.6 Å². The quantitative estimate of drug-likeness (QED) is 0.535. The number of benzene rings is 1. The van der Waals surface area contributed by atoms with Gasteiger partial charge in [0, 0.05) is 6.54 Å². The van der Waals surface area contributed by atoms with Crippen LogP contribution in [0, 0.1) is 5.41 Å². The van der Waals surface area contributed by atoms with Crippen LogP contribution >= 0.6 is 0 Å². The maximum absolute atomic E-state index is 4.40. The monoisotopic (exact) mass is 301 g/mol. The SMILES string of the molecule is CCCCCCC(C)(CCCC)Cn1nnc2ccccc21. The molecule has 3 nitrogen and oxygen atoms in total. The Labute approximate surface area is 135 Å². The first-order chi connectivity index (χ1) is 10.7. The fraction of sp³-hybridized carbons (Fsp3) is 0.684. The van der Waals surface area contributed by atoms with Gasteiger partial charge in [-0.15, -0.1) is 5.10 Å². The van der Waals surface area contributed by atoms with Crippen molar-refractivity contribution >= 4 is 11.0 Å². The van der Waals surface area contributed by atoms with E-state index in [1.54, 1.807) is 0 Å². The predicted octanol–water partition coefficient (Wildman–Crippen LogP) is 5.60. The molecule has 22 heavy (non-hydrogen) atoms. The third-order valence-corrected chi connectivity index (χ3v) is 4.72. The fourth-order valence-electron chi connectivity index (χ4n) is 3.26. The summed E-state index contributed by atoms with van der Waals surface area (Å²) < 4.78 is 2.12. The van der Waals surface area contributed by atoms with Crippen molar-refractivity contribution in [2.24, 2.45) is 5.41 Å². The largest absolute Gasteiger partial charge is 0.244 e. The highest BCUT2D eigenvalue weighted by molar-refractivity contribution is 5.73. The van der Waals surface area contributed by atoms with Crippen LogP contribution in [0.4, 0.5) is 0 Å². The molecule has 2 aromatic rings. The minimum absolute atomic E-state index is 0.334. The maximum Gasteiger partial charge on any atom is 0.113 e. The molecule has 0 aliphatic heterocycles. The van der Waals surface area contributed by atoms with Crippen LogP contribution in [0.5, 0.6) is 0 Å². The summed E-state index contributed by atoms with van der Waals surface area (Å²) in [5.41, 5.74) is 2.50. The summed E-state index contributed by atoms with van der Waals surface area (Å²) in [5, 5.41) is 8.71. The molecule has 0 aliphatic carbocycles. The Morgan fingerprint density at radius 3 is 2.45 bits per heavy atom. The van der Waals surface area contributed by atoms with E-state index in [1.807, 2.05) is 12.1 Å². The predicted molar refractivity (Wildman–Crippen MR) is 93.9 cm³/mol. The average Bonchev–Trinajstić information content (AvgIpc) is 2.93. The highest BCUT2D eigenvalue weighted by Crippen LogP contribution is 2.33. The standard InChI is InChI=1S/C19H31N3/c1-4-6-8-11-15-19(3,14-7-5-2)16-22-18-13-10-9-12-17(18)20-21-22/h9-10,12-13H,4-8,11,14-16H2,1-3H3. The number of nitrogens with zero attached hydrogens (tertiary/aromatic N) is 3. The van der Waals surface area contributed by atoms with Crippen LogP contribution in [0.15, 0.2) is 24.3 Å². The summed E-state index contributed by atoms with van der Waals surface area (Å²) in [5.74, 6) is 0. The molecule has 2 rings (SSSR count). The maximum atomic E-state index is 4.40. The first kappa shape index (κ1) is 17.0. The van der Waals surface area contributed by atoms with Gasteiger partial charge in [-0.2, -0.15) is 0 Å². The number of hydrogen-bond acceptors (Lipinski definition) is 2. The molecule has 1 aromatic heterocycles. The normalized spacial score (nSPS) is 14.3. The van der Waals surface area contributed by atoms with Gasteiger partial charge in [0.05, 0.1) is 5.52 Å². The van der Waals surface area contributed by atoms with Gasteiger partial charge >= 0.3 is 0 Å². The fourth-order valence-corrected chi connectivity index (χ4v) is 3.26. The van der Waals surface area contributed by atoms with Crippen LogP contribution in [0.3, 0.4) is 0 Å². The topological polar surface area (TPSA) is 30.7 Å². The Balaban J connectivity index is 2.07. The lowest BCUT2D eigenvalue weighted by atomic mass is 9.80. The summed E-state index contributed by atoms with van der Waals surface area (Å²) in [6.07, 6.45) is 10.5. The van der Waals surface area contributed by atoms with Gasteiger partial charge in [0.2, 0.25) is 0 Å². The van der Waals surface area contributed by atoms with Crippen LogP contribution < -0.4 is 0 Å². The molecule has 0 bridgehead atoms. The molecule has 3 heteroatoms. The first-order valence-electron chi connectivity index (χ1n) is 8.97. The zero-order valence-corrected chi connectivity index (χ0v) is 14.5. The Morgan fingerprint density at radius 2 is 1.68 bits per heavy atom. The van der Waals surface area contributed by atoms with Crippen LogP contribution in [-0.4, -0.2) is 15.0 Å². The number of unbranched alkanes of at least 4 members (excludes halogenated alkanes) is 4. The Morgan fingerprint density at radius 1 is 0.955 bits per heavy atom. The smallest absolute Gasteiger partial charge is 0.113 e. The molecule has 1 atom stereocenters. The Bertz CT molecular complexity index is 561. The second kappa shape index (κ2) is 8.30. The van der Waals surface area contributed by atoms with Crippen LogP contribution in [0.25, 0.3) is 11.0 Å². The molecule has 0 saturated carbocycles. The van der Waals surface area contributed by atoms with E-state index in [-0.39, 0.29) is 0 Å². The van der Waals surface area contributed by atoms with Gasteiger partial charge in [0.1, 0.15) is 5.52 Å². The number of aromatic nitrogens is 3. The Kier molecular flexibility index (Phi) is 6.41. The summed E-state index contributed by atoms with van der Waals surface area (Å²) >= 11 is 0. The van der Waals surface area contributed by atoms with Crippen molar-refractivity contribution in [3.63, 3.8) is 0 Å². The summed E-state index contributed by atoms with van der Waals surface area (Å²) in [4.78, 5) is 0. The van der Waals surface area contributed by atoms with E-state index < -0.39 is 0 Å². The molecule has 0 radical (unpaired) electrons. The third-order valence-electron chi connectivity index (χ3n) is 4.72. The molecule has 0 saturated heterocycles. The van der Waals surface area contributed by atoms with Crippen molar-refractivity contribution in [2.75, 3.05) is 0 Å². The third kappa shape index (κ3) is 4.56. The minimum atomic E-state index is 0.334. The van der Waals surface area contributed by atoms with Crippen molar-refractivity contribution in [2.45, 2.75) is 78.7 Å². The zero-order valence-electron chi connectivity index (χ0n) is 14.5. The average molecular weight is 301 g/mol. The van der Waals surface area contributed by atoms with Crippen LogP contribution in [-0.2, 0) is 6.54 Å². The van der Waals surface area contributed by atoms with E-state index in [1.165, 1.54) is 56.9 Å². The van der Waals surface area contributed by atoms with E-state index in [0.717, 1.165) is 12.1 Å². The lowest BCUT2D eigenvalue weighted by Crippen LogP contribution is -2.24. The minimum Gasteiger partial charge on any atom is -0.244 e. The van der Waals surface area contributed by atoms with E-state index in [2.05, 4.69) is 47.9 Å². The summed E-state index contributed by atoms with van der Waals surface area (Å²) in [6, 6.07) is 8.28. The van der Waals surface area contributed by atoms with Gasteiger partial charge in [-0.05, 0) is 30.4 Å². The highest BCUT2D eigenvalue weighted by Gasteiger charge is 2.25. The lowest BCUT2D eigenvalue weighted by molar-refractivity contribution is 0.206. The van der Waals surface area contributed by atoms with Crippen molar-refractivity contribution in [3.05, 3.63) is 24.3 Å². The second-order valence-electron chi connectivity index (χ2n) is 6.96. The van der Waals surface area contributed by atoms with Gasteiger partial charge in [-0.3, -0.25) is 0 Å². The summed E-state index contributed by atoms with van der Waals surface area (Å²) in [6.45, 7) is 7.98. The van der Waals surface area contributed by atoms with E-state index in [9.17, 15) is 0 Å². The second-order valence-corrected chi connectivity index (χ2v) is 6.96. The molecule has 1 unspecified atom stereocenters. The van der Waals surface area contributed by atoms with Crippen LogP contribution in [0.2, 0.25) is 0 Å². The summed E-state index contributed by atoms with van der Waals surface area (Å²) in [7, 11) is 0. The lowest BCUT2D eigenvalue weighted by Gasteiger charge is -2.30. The number of rotatable bonds is 10. The van der Waals surface area contributed by atoms with E-state index in [0.29, 0.717) is 5.41 Å². The van der Waals surface area contributed by atoms with Gasteiger partial charge in [0.15, 0.2) is 0 Å². The van der Waals surface area contributed by atoms with Crippen molar-refractivity contribution in [3.8, 4) is 0 Å². The van der Waals surface area contributed by atoms with Crippen molar-refractivity contribution in [1.29, 1.82) is 0 Å². The number of para-hydroxylation sites is 1. The van der Waals surface area contributed by atoms with Gasteiger partial charge in [-0.25, -0.2) is 4.68 Å². The van der Waals surface area contributed by atoms with E-state index >= 15 is 0 Å². The molecule has 1 heterocycles. The molecule has 0 spiro atoms.